The second-order valence-corrected chi connectivity index (χ2v) is 3.15. The molecular weight excluding hydrogens is 286 g/mol. The molecule has 0 atom stereocenters. The summed E-state index contributed by atoms with van der Waals surface area (Å²) in [5.41, 5.74) is -0.00796. The van der Waals surface area contributed by atoms with Gasteiger partial charge in [-0.15, -0.1) is 0 Å². The van der Waals surface area contributed by atoms with Gasteiger partial charge in [-0.2, -0.15) is 0 Å². The predicted octanol–water partition coefficient (Wildman–Crippen LogP) is -0.845. The first-order valence-corrected chi connectivity index (χ1v) is 5.17. The molecule has 0 N–H and O–H groups in total. The van der Waals surface area contributed by atoms with Crippen LogP contribution in [0.1, 0.15) is 5.56 Å². The maximum absolute atomic E-state index is 12.7. The third-order valence-electron chi connectivity index (χ3n) is 1.36. The SMILES string of the molecule is Fc1cc(F)c([CH2][Zn+])c(F)c1.[Br-]. The summed E-state index contributed by atoms with van der Waals surface area (Å²) in [5, 5.41) is 0.359. The van der Waals surface area contributed by atoms with Gasteiger partial charge in [0.1, 0.15) is 0 Å². The van der Waals surface area contributed by atoms with Crippen LogP contribution in [0, 0.1) is 17.5 Å². The fraction of sp³-hybridized carbons (Fsp3) is 0.143. The summed E-state index contributed by atoms with van der Waals surface area (Å²) in [4.78, 5) is 0. The van der Waals surface area contributed by atoms with E-state index in [2.05, 4.69) is 0 Å². The molecule has 5 heteroatoms. The Morgan fingerprint density at radius 2 is 1.50 bits per heavy atom. The third-order valence-corrected chi connectivity index (χ3v) is 2.40. The van der Waals surface area contributed by atoms with E-state index >= 15 is 0 Å². The van der Waals surface area contributed by atoms with Gasteiger partial charge in [-0.25, -0.2) is 0 Å². The van der Waals surface area contributed by atoms with Crippen molar-refractivity contribution in [2.45, 2.75) is 5.02 Å². The van der Waals surface area contributed by atoms with E-state index in [1.54, 1.807) is 0 Å². The Balaban J connectivity index is 0.00000121. The van der Waals surface area contributed by atoms with Crippen LogP contribution in [0.15, 0.2) is 12.1 Å². The van der Waals surface area contributed by atoms with Gasteiger partial charge in [0.05, 0.1) is 0 Å². The summed E-state index contributed by atoms with van der Waals surface area (Å²) in [7, 11) is 0. The normalized spacial score (nSPS) is 9.42. The third kappa shape index (κ3) is 2.56. The molecule has 0 radical (unpaired) electrons. The second-order valence-electron chi connectivity index (χ2n) is 2.10. The molecule has 0 aliphatic heterocycles. The van der Waals surface area contributed by atoms with Gasteiger partial charge in [0, 0.05) is 0 Å². The van der Waals surface area contributed by atoms with Crippen LogP contribution in [0.5, 0.6) is 0 Å². The second kappa shape index (κ2) is 4.98. The first-order valence-electron chi connectivity index (χ1n) is 3.08. The van der Waals surface area contributed by atoms with Crippen LogP contribution in [-0.4, -0.2) is 0 Å². The molecule has 0 heterocycles. The zero-order chi connectivity index (χ0) is 8.43. The van der Waals surface area contributed by atoms with Crippen molar-refractivity contribution in [3.63, 3.8) is 0 Å². The van der Waals surface area contributed by atoms with E-state index in [9.17, 15) is 13.2 Å². The molecule has 0 bridgehead atoms. The van der Waals surface area contributed by atoms with Crippen LogP contribution < -0.4 is 17.0 Å². The average molecular weight is 290 g/mol. The van der Waals surface area contributed by atoms with Crippen molar-refractivity contribution in [1.29, 1.82) is 0 Å². The van der Waals surface area contributed by atoms with E-state index < -0.39 is 17.5 Å². The van der Waals surface area contributed by atoms with Crippen molar-refractivity contribution in [2.75, 3.05) is 0 Å². The standard InChI is InChI=1S/C7H4F3.BrH.Zn/c1-4-6(9)2-5(8)3-7(4)10;;/h2-3H,1H2;1H;/q;;+1/p-1. The van der Waals surface area contributed by atoms with Crippen molar-refractivity contribution < 1.29 is 48.5 Å². The van der Waals surface area contributed by atoms with Crippen LogP contribution >= 0.6 is 0 Å². The molecule has 0 unspecified atom stereocenters. The van der Waals surface area contributed by atoms with Gasteiger partial charge in [0.15, 0.2) is 0 Å². The van der Waals surface area contributed by atoms with Gasteiger partial charge in [-0.05, 0) is 0 Å². The molecule has 0 aliphatic rings. The van der Waals surface area contributed by atoms with Gasteiger partial charge >= 0.3 is 71.6 Å². The fourth-order valence-electron chi connectivity index (χ4n) is 0.811. The van der Waals surface area contributed by atoms with Crippen molar-refractivity contribution in [2.24, 2.45) is 0 Å². The average Bonchev–Trinajstić information content (AvgIpc) is 1.85. The molecule has 1 rings (SSSR count). The molecule has 12 heavy (non-hydrogen) atoms. The van der Waals surface area contributed by atoms with Crippen molar-refractivity contribution in [3.05, 3.63) is 35.1 Å². The summed E-state index contributed by atoms with van der Waals surface area (Å²) < 4.78 is 37.6. The fourth-order valence-corrected chi connectivity index (χ4v) is 1.81. The molecule has 0 fully saturated rings. The largest absolute Gasteiger partial charge is 1.00 e. The topological polar surface area (TPSA) is 0 Å². The number of rotatable bonds is 1. The Kier molecular flexibility index (Phi) is 5.02. The molecule has 0 amide bonds. The molecule has 1 aromatic carbocycles. The van der Waals surface area contributed by atoms with Crippen LogP contribution in [0.3, 0.4) is 0 Å². The molecule has 1 aromatic rings. The van der Waals surface area contributed by atoms with Crippen LogP contribution in [0.2, 0.25) is 0 Å². The molecule has 0 saturated heterocycles. The predicted molar refractivity (Wildman–Crippen MR) is 30.0 cm³/mol. The summed E-state index contributed by atoms with van der Waals surface area (Å²) in [6.45, 7) is 0. The zero-order valence-corrected chi connectivity index (χ0v) is 10.6. The molecule has 0 spiro atoms. The molecule has 0 saturated carbocycles. The maximum Gasteiger partial charge on any atom is -1.00 e. The molecular formula is C7H4BrF3Zn. The minimum Gasteiger partial charge on any atom is -1.00 e. The summed E-state index contributed by atoms with van der Waals surface area (Å²) in [6, 6.07) is 1.40. The summed E-state index contributed by atoms with van der Waals surface area (Å²) in [5.74, 6) is -2.43. The first kappa shape index (κ1) is 12.1. The summed E-state index contributed by atoms with van der Waals surface area (Å²) >= 11 is 0.763. The van der Waals surface area contributed by atoms with E-state index in [0.29, 0.717) is 17.1 Å². The van der Waals surface area contributed by atoms with Gasteiger partial charge in [-0.3, -0.25) is 0 Å². The number of benzene rings is 1. The minimum absolute atomic E-state index is 0. The maximum atomic E-state index is 12.7. The Morgan fingerprint density at radius 1 is 1.08 bits per heavy atom. The monoisotopic (exact) mass is 288 g/mol. The van der Waals surface area contributed by atoms with Crippen molar-refractivity contribution in [1.82, 2.24) is 0 Å². The smallest absolute Gasteiger partial charge is 1.00 e. The Labute approximate surface area is 88.6 Å². The quantitative estimate of drug-likeness (QED) is 0.592. The Morgan fingerprint density at radius 3 is 1.83 bits per heavy atom. The van der Waals surface area contributed by atoms with E-state index in [0.717, 1.165) is 18.3 Å². The molecule has 62 valence electrons. The number of hydrogen-bond acceptors (Lipinski definition) is 0. The zero-order valence-electron chi connectivity index (χ0n) is 6.08. The molecule has 0 aliphatic carbocycles. The van der Waals surface area contributed by atoms with Crippen LogP contribution in [-0.2, 0) is 23.3 Å². The van der Waals surface area contributed by atoms with Crippen molar-refractivity contribution >= 4 is 0 Å². The van der Waals surface area contributed by atoms with Gasteiger partial charge < -0.3 is 17.0 Å². The Bertz CT molecular complexity index is 254. The van der Waals surface area contributed by atoms with Crippen molar-refractivity contribution in [3.8, 4) is 0 Å². The Hall–Kier alpha value is 0.113. The van der Waals surface area contributed by atoms with Gasteiger partial charge in [0.25, 0.3) is 0 Å². The summed E-state index contributed by atoms with van der Waals surface area (Å²) in [6.07, 6.45) is 0. The number of hydrogen-bond donors (Lipinski definition) is 0. The minimum atomic E-state index is -0.864. The van der Waals surface area contributed by atoms with E-state index in [-0.39, 0.29) is 22.5 Å². The van der Waals surface area contributed by atoms with E-state index in [1.807, 2.05) is 0 Å². The van der Waals surface area contributed by atoms with E-state index in [4.69, 9.17) is 0 Å². The molecule has 0 aromatic heterocycles. The number of halogens is 4. The van der Waals surface area contributed by atoms with Crippen LogP contribution in [0.4, 0.5) is 13.2 Å². The van der Waals surface area contributed by atoms with Gasteiger partial charge in [0.2, 0.25) is 0 Å². The van der Waals surface area contributed by atoms with E-state index in [1.165, 1.54) is 0 Å². The van der Waals surface area contributed by atoms with Gasteiger partial charge in [-0.1, -0.05) is 0 Å². The first-order chi connectivity index (χ1) is 5.15. The molecule has 0 nitrogen and oxygen atoms in total. The van der Waals surface area contributed by atoms with Crippen LogP contribution in [0.25, 0.3) is 0 Å².